The van der Waals surface area contributed by atoms with Crippen molar-refractivity contribution in [1.82, 2.24) is 9.66 Å². The van der Waals surface area contributed by atoms with E-state index in [0.717, 1.165) is 10.9 Å². The topological polar surface area (TPSA) is 88.1 Å². The molecule has 2 aromatic heterocycles. The van der Waals surface area contributed by atoms with E-state index in [-0.39, 0.29) is 18.0 Å². The Balaban J connectivity index is 1.42. The van der Waals surface area contributed by atoms with E-state index in [4.69, 9.17) is 46.8 Å². The number of rotatable bonds is 8. The molecule has 42 heavy (non-hydrogen) atoms. The number of benzene rings is 4. The van der Waals surface area contributed by atoms with Gasteiger partial charge in [-0.2, -0.15) is 9.78 Å². The van der Waals surface area contributed by atoms with Gasteiger partial charge in [0.2, 0.25) is 11.6 Å². The van der Waals surface area contributed by atoms with Crippen molar-refractivity contribution >= 4 is 51.3 Å². The fourth-order valence-electron chi connectivity index (χ4n) is 4.52. The van der Waals surface area contributed by atoms with Crippen molar-refractivity contribution < 1.29 is 18.6 Å². The van der Waals surface area contributed by atoms with Gasteiger partial charge >= 0.3 is 0 Å². The quantitative estimate of drug-likeness (QED) is 0.167. The van der Waals surface area contributed by atoms with Crippen LogP contribution in [0.25, 0.3) is 33.5 Å². The number of furan rings is 1. The zero-order valence-electron chi connectivity index (χ0n) is 22.5. The maximum Gasteiger partial charge on any atom is 0.282 e. The molecule has 0 saturated heterocycles. The molecular weight excluding hydrogens is 577 g/mol. The molecule has 0 aliphatic carbocycles. The number of aromatic nitrogens is 2. The van der Waals surface area contributed by atoms with E-state index in [9.17, 15) is 4.79 Å². The molecule has 0 fully saturated rings. The Morgan fingerprint density at radius 3 is 2.43 bits per heavy atom. The van der Waals surface area contributed by atoms with E-state index in [2.05, 4.69) is 5.10 Å². The number of ether oxygens (including phenoxy) is 3. The number of nitrogens with zero attached hydrogens (tertiary/aromatic N) is 3. The van der Waals surface area contributed by atoms with Gasteiger partial charge in [0.25, 0.3) is 5.56 Å². The van der Waals surface area contributed by atoms with Gasteiger partial charge in [-0.3, -0.25) is 4.79 Å². The van der Waals surface area contributed by atoms with E-state index in [0.29, 0.717) is 55.1 Å². The third-order valence-corrected chi connectivity index (χ3v) is 7.19. The van der Waals surface area contributed by atoms with Gasteiger partial charge in [0.15, 0.2) is 17.3 Å². The van der Waals surface area contributed by atoms with Crippen molar-refractivity contribution in [1.29, 1.82) is 0 Å². The van der Waals surface area contributed by atoms with Crippen LogP contribution in [0.4, 0.5) is 0 Å². The van der Waals surface area contributed by atoms with Crippen LogP contribution in [-0.2, 0) is 6.61 Å². The molecule has 0 unspecified atom stereocenters. The normalized spacial score (nSPS) is 11.4. The molecule has 0 spiro atoms. The molecule has 0 amide bonds. The van der Waals surface area contributed by atoms with Crippen molar-refractivity contribution in [3.63, 3.8) is 0 Å². The molecule has 0 aliphatic heterocycles. The molecule has 8 nitrogen and oxygen atoms in total. The van der Waals surface area contributed by atoms with Crippen LogP contribution >= 0.6 is 23.2 Å². The summed E-state index contributed by atoms with van der Waals surface area (Å²) in [5, 5.41) is 6.89. The third-order valence-electron chi connectivity index (χ3n) is 6.59. The molecule has 0 aliphatic rings. The number of methoxy groups -OCH3 is 2. The van der Waals surface area contributed by atoms with E-state index >= 15 is 0 Å². The first-order chi connectivity index (χ1) is 20.4. The number of hydrogen-bond acceptors (Lipinski definition) is 7. The highest BCUT2D eigenvalue weighted by Gasteiger charge is 2.18. The summed E-state index contributed by atoms with van der Waals surface area (Å²) >= 11 is 12.5. The van der Waals surface area contributed by atoms with Crippen molar-refractivity contribution in [2.24, 2.45) is 5.10 Å². The van der Waals surface area contributed by atoms with Crippen LogP contribution in [0, 0.1) is 0 Å². The minimum Gasteiger partial charge on any atom is -0.493 e. The molecule has 0 N–H and O–H groups in total. The van der Waals surface area contributed by atoms with Crippen LogP contribution in [0.2, 0.25) is 10.0 Å². The average Bonchev–Trinajstić information content (AvgIpc) is 3.43. The van der Waals surface area contributed by atoms with E-state index in [1.165, 1.54) is 25.1 Å². The minimum atomic E-state index is -0.357. The zero-order chi connectivity index (χ0) is 29.2. The second-order valence-corrected chi connectivity index (χ2v) is 10.1. The summed E-state index contributed by atoms with van der Waals surface area (Å²) in [6.07, 6.45) is 1.52. The first-order valence-corrected chi connectivity index (χ1v) is 13.6. The van der Waals surface area contributed by atoms with Crippen molar-refractivity contribution in [3.05, 3.63) is 116 Å². The molecular formula is C32H23Cl2N3O5. The van der Waals surface area contributed by atoms with Gasteiger partial charge < -0.3 is 18.6 Å². The molecule has 6 aromatic rings. The largest absolute Gasteiger partial charge is 0.493 e. The van der Waals surface area contributed by atoms with E-state index in [1.54, 1.807) is 60.7 Å². The van der Waals surface area contributed by atoms with Crippen molar-refractivity contribution in [2.75, 3.05) is 14.2 Å². The Kier molecular flexibility index (Phi) is 7.56. The fraction of sp³-hybridized carbons (Fsp3) is 0.0938. The minimum absolute atomic E-state index is 0.212. The van der Waals surface area contributed by atoms with E-state index in [1.807, 2.05) is 24.3 Å². The number of fused-ring (bicyclic) bond motifs is 2. The molecule has 10 heteroatoms. The number of halogens is 2. The molecule has 0 atom stereocenters. The summed E-state index contributed by atoms with van der Waals surface area (Å²) in [6.45, 7) is 0.212. The molecule has 6 rings (SSSR count). The summed E-state index contributed by atoms with van der Waals surface area (Å²) in [5.41, 5.74) is 2.18. The SMILES string of the molecule is COc1cc(C=Nn2c(-c3cc4cc(Cl)ccc4o3)nc3ccccc3c2=O)cc(OC)c1OCc1ccccc1Cl. The van der Waals surface area contributed by atoms with Crippen LogP contribution in [-0.4, -0.2) is 30.1 Å². The van der Waals surface area contributed by atoms with Crippen LogP contribution in [0.15, 0.2) is 99.2 Å². The van der Waals surface area contributed by atoms with Gasteiger partial charge in [0.1, 0.15) is 12.2 Å². The van der Waals surface area contributed by atoms with Crippen LogP contribution < -0.4 is 19.8 Å². The van der Waals surface area contributed by atoms with Crippen LogP contribution in [0.1, 0.15) is 11.1 Å². The van der Waals surface area contributed by atoms with Gasteiger partial charge in [-0.05, 0) is 54.6 Å². The number of hydrogen-bond donors (Lipinski definition) is 0. The van der Waals surface area contributed by atoms with Crippen molar-refractivity contribution in [2.45, 2.75) is 6.61 Å². The van der Waals surface area contributed by atoms with Gasteiger partial charge in [-0.15, -0.1) is 0 Å². The highest BCUT2D eigenvalue weighted by Crippen LogP contribution is 2.39. The van der Waals surface area contributed by atoms with Gasteiger partial charge in [0.05, 0.1) is 31.3 Å². The Bertz CT molecular complexity index is 2010. The smallest absolute Gasteiger partial charge is 0.282 e. The molecule has 0 radical (unpaired) electrons. The monoisotopic (exact) mass is 599 g/mol. The Morgan fingerprint density at radius 2 is 1.67 bits per heavy atom. The lowest BCUT2D eigenvalue weighted by Crippen LogP contribution is -2.20. The second kappa shape index (κ2) is 11.6. The predicted octanol–water partition coefficient (Wildman–Crippen LogP) is 7.59. The fourth-order valence-corrected chi connectivity index (χ4v) is 4.89. The summed E-state index contributed by atoms with van der Waals surface area (Å²) in [7, 11) is 3.06. The van der Waals surface area contributed by atoms with Gasteiger partial charge in [0, 0.05) is 26.6 Å². The molecule has 0 saturated carbocycles. The maximum atomic E-state index is 13.6. The van der Waals surface area contributed by atoms with Crippen molar-refractivity contribution in [3.8, 4) is 28.8 Å². The maximum absolute atomic E-state index is 13.6. The van der Waals surface area contributed by atoms with Crippen LogP contribution in [0.5, 0.6) is 17.2 Å². The lowest BCUT2D eigenvalue weighted by atomic mass is 10.2. The lowest BCUT2D eigenvalue weighted by Gasteiger charge is -2.16. The summed E-state index contributed by atoms with van der Waals surface area (Å²) < 4.78 is 24.5. The Morgan fingerprint density at radius 1 is 0.929 bits per heavy atom. The molecule has 4 aromatic carbocycles. The van der Waals surface area contributed by atoms with E-state index < -0.39 is 0 Å². The predicted molar refractivity (Wildman–Crippen MR) is 165 cm³/mol. The first kappa shape index (κ1) is 27.4. The summed E-state index contributed by atoms with van der Waals surface area (Å²) in [5.74, 6) is 1.84. The summed E-state index contributed by atoms with van der Waals surface area (Å²) in [6, 6.07) is 25.0. The Labute approximate surface area is 250 Å². The zero-order valence-corrected chi connectivity index (χ0v) is 24.0. The summed E-state index contributed by atoms with van der Waals surface area (Å²) in [4.78, 5) is 18.3. The average molecular weight is 600 g/mol. The standard InChI is InChI=1S/C32H23Cl2N3O5/c1-39-27-13-19(14-28(40-2)30(27)41-18-20-7-3-5-9-24(20)34)17-35-37-31(36-25-10-6-4-8-23(25)32(37)38)29-16-21-15-22(33)11-12-26(21)42-29/h3-17H,18H2,1-2H3. The van der Waals surface area contributed by atoms with Gasteiger partial charge in [-0.25, -0.2) is 4.98 Å². The third kappa shape index (κ3) is 5.30. The molecule has 0 bridgehead atoms. The lowest BCUT2D eigenvalue weighted by molar-refractivity contribution is 0.266. The van der Waals surface area contributed by atoms with Gasteiger partial charge in [-0.1, -0.05) is 53.5 Å². The second-order valence-electron chi connectivity index (χ2n) is 9.24. The highest BCUT2D eigenvalue weighted by atomic mass is 35.5. The molecule has 2 heterocycles. The highest BCUT2D eigenvalue weighted by molar-refractivity contribution is 6.31. The number of para-hydroxylation sites is 1. The molecule has 210 valence electrons. The first-order valence-electron chi connectivity index (χ1n) is 12.8. The van der Waals surface area contributed by atoms with Crippen LogP contribution in [0.3, 0.4) is 0 Å². The Hall–Kier alpha value is -4.79.